The van der Waals surface area contributed by atoms with E-state index in [2.05, 4.69) is 40.4 Å². The van der Waals surface area contributed by atoms with Gasteiger partial charge in [-0.3, -0.25) is 0 Å². The van der Waals surface area contributed by atoms with E-state index in [0.29, 0.717) is 17.9 Å². The molecule has 1 saturated heterocycles. The summed E-state index contributed by atoms with van der Waals surface area (Å²) in [5, 5.41) is 9.03. The molecule has 2 atom stereocenters. The Morgan fingerprint density at radius 3 is 2.58 bits per heavy atom. The lowest BCUT2D eigenvalue weighted by atomic mass is 9.95. The van der Waals surface area contributed by atoms with Crippen LogP contribution in [0.3, 0.4) is 0 Å². The zero-order valence-electron chi connectivity index (χ0n) is 12.5. The number of hydrogen-bond donors (Lipinski definition) is 0. The fourth-order valence-corrected chi connectivity index (χ4v) is 3.59. The van der Waals surface area contributed by atoms with E-state index in [1.807, 2.05) is 0 Å². The van der Waals surface area contributed by atoms with Gasteiger partial charge in [0, 0.05) is 31.0 Å². The van der Waals surface area contributed by atoms with Crippen molar-refractivity contribution in [3.8, 4) is 0 Å². The van der Waals surface area contributed by atoms with Gasteiger partial charge in [-0.1, -0.05) is 6.92 Å². The van der Waals surface area contributed by atoms with E-state index in [4.69, 9.17) is 0 Å². The average Bonchev–Trinajstić information content (AvgIpc) is 2.84. The second-order valence-corrected chi connectivity index (χ2v) is 6.54. The number of rotatable bonds is 2. The third kappa shape index (κ3) is 2.42. The molecular formula is C15H26N4. The molecule has 0 amide bonds. The molecule has 3 heterocycles. The molecule has 4 nitrogen and oxygen atoms in total. The monoisotopic (exact) mass is 262 g/mol. The van der Waals surface area contributed by atoms with E-state index in [0.717, 1.165) is 13.1 Å². The van der Waals surface area contributed by atoms with Gasteiger partial charge in [0.15, 0.2) is 0 Å². The fourth-order valence-electron chi connectivity index (χ4n) is 3.59. The highest BCUT2D eigenvalue weighted by Crippen LogP contribution is 2.32. The molecule has 4 heteroatoms. The standard InChI is InChI=1S/C15H26N4/c1-11(2)18-8-5-7-13(10-18)15-17-16-14-12(3)6-4-9-19(14)15/h11-13H,4-10H2,1-3H3. The summed E-state index contributed by atoms with van der Waals surface area (Å²) >= 11 is 0. The predicted octanol–water partition coefficient (Wildman–Crippen LogP) is 2.76. The molecule has 3 rings (SSSR count). The van der Waals surface area contributed by atoms with Gasteiger partial charge in [0.1, 0.15) is 11.6 Å². The van der Waals surface area contributed by atoms with Crippen LogP contribution in [0.2, 0.25) is 0 Å². The smallest absolute Gasteiger partial charge is 0.137 e. The second-order valence-electron chi connectivity index (χ2n) is 6.54. The van der Waals surface area contributed by atoms with Crippen molar-refractivity contribution in [2.24, 2.45) is 0 Å². The van der Waals surface area contributed by atoms with Crippen LogP contribution in [0.4, 0.5) is 0 Å². The van der Waals surface area contributed by atoms with Crippen molar-refractivity contribution in [3.63, 3.8) is 0 Å². The molecule has 1 aromatic heterocycles. The minimum atomic E-state index is 0.583. The molecule has 0 aromatic carbocycles. The maximum atomic E-state index is 4.55. The summed E-state index contributed by atoms with van der Waals surface area (Å²) < 4.78 is 2.42. The Kier molecular flexibility index (Phi) is 3.61. The van der Waals surface area contributed by atoms with E-state index < -0.39 is 0 Å². The van der Waals surface area contributed by atoms with Crippen molar-refractivity contribution >= 4 is 0 Å². The number of fused-ring (bicyclic) bond motifs is 1. The molecule has 0 N–H and O–H groups in total. The Morgan fingerprint density at radius 2 is 1.79 bits per heavy atom. The van der Waals surface area contributed by atoms with Crippen LogP contribution in [0.5, 0.6) is 0 Å². The fraction of sp³-hybridized carbons (Fsp3) is 0.867. The highest BCUT2D eigenvalue weighted by molar-refractivity contribution is 5.09. The topological polar surface area (TPSA) is 34.0 Å². The lowest BCUT2D eigenvalue weighted by Crippen LogP contribution is -2.40. The van der Waals surface area contributed by atoms with E-state index in [1.165, 1.54) is 43.9 Å². The van der Waals surface area contributed by atoms with Gasteiger partial charge in [-0.05, 0) is 46.1 Å². The van der Waals surface area contributed by atoms with Crippen LogP contribution in [0, 0.1) is 0 Å². The van der Waals surface area contributed by atoms with E-state index in [9.17, 15) is 0 Å². The Labute approximate surface area is 116 Å². The number of likely N-dealkylation sites (tertiary alicyclic amines) is 1. The minimum absolute atomic E-state index is 0.583. The molecule has 1 aromatic rings. The maximum Gasteiger partial charge on any atom is 0.137 e. The lowest BCUT2D eigenvalue weighted by Gasteiger charge is -2.35. The highest BCUT2D eigenvalue weighted by atomic mass is 15.3. The van der Waals surface area contributed by atoms with Gasteiger partial charge in [0.05, 0.1) is 0 Å². The number of aromatic nitrogens is 3. The first-order valence-corrected chi connectivity index (χ1v) is 7.84. The van der Waals surface area contributed by atoms with E-state index in [-0.39, 0.29) is 0 Å². The van der Waals surface area contributed by atoms with Gasteiger partial charge >= 0.3 is 0 Å². The first kappa shape index (κ1) is 13.1. The predicted molar refractivity (Wildman–Crippen MR) is 76.4 cm³/mol. The van der Waals surface area contributed by atoms with Crippen molar-refractivity contribution < 1.29 is 0 Å². The zero-order chi connectivity index (χ0) is 13.4. The van der Waals surface area contributed by atoms with Crippen LogP contribution >= 0.6 is 0 Å². The quantitative estimate of drug-likeness (QED) is 0.822. The van der Waals surface area contributed by atoms with Crippen LogP contribution in [0.15, 0.2) is 0 Å². The van der Waals surface area contributed by atoms with Crippen molar-refractivity contribution in [2.45, 2.75) is 70.9 Å². The van der Waals surface area contributed by atoms with Gasteiger partial charge in [-0.15, -0.1) is 10.2 Å². The van der Waals surface area contributed by atoms with Crippen LogP contribution in [0.1, 0.15) is 69.9 Å². The number of piperidine rings is 1. The third-order valence-electron chi connectivity index (χ3n) is 4.82. The molecule has 0 aliphatic carbocycles. The van der Waals surface area contributed by atoms with E-state index in [1.54, 1.807) is 0 Å². The lowest BCUT2D eigenvalue weighted by molar-refractivity contribution is 0.162. The molecule has 1 fully saturated rings. The Morgan fingerprint density at radius 1 is 1.05 bits per heavy atom. The molecule has 2 aliphatic heterocycles. The molecule has 0 spiro atoms. The van der Waals surface area contributed by atoms with Gasteiger partial charge in [0.2, 0.25) is 0 Å². The summed E-state index contributed by atoms with van der Waals surface area (Å²) in [6, 6.07) is 0.644. The summed E-state index contributed by atoms with van der Waals surface area (Å²) in [6.45, 7) is 10.4. The van der Waals surface area contributed by atoms with Crippen LogP contribution in [-0.2, 0) is 6.54 Å². The molecule has 2 aliphatic rings. The zero-order valence-corrected chi connectivity index (χ0v) is 12.5. The summed E-state index contributed by atoms with van der Waals surface area (Å²) in [6.07, 6.45) is 5.11. The molecule has 0 bridgehead atoms. The highest BCUT2D eigenvalue weighted by Gasteiger charge is 2.30. The van der Waals surface area contributed by atoms with Gasteiger partial charge in [-0.2, -0.15) is 0 Å². The molecule has 0 saturated carbocycles. The van der Waals surface area contributed by atoms with Crippen molar-refractivity contribution in [3.05, 3.63) is 11.6 Å². The molecule has 0 radical (unpaired) electrons. The first-order chi connectivity index (χ1) is 9.16. The van der Waals surface area contributed by atoms with Crippen LogP contribution in [-0.4, -0.2) is 38.8 Å². The second kappa shape index (κ2) is 5.23. The largest absolute Gasteiger partial charge is 0.314 e. The van der Waals surface area contributed by atoms with Crippen molar-refractivity contribution in [1.82, 2.24) is 19.7 Å². The number of nitrogens with zero attached hydrogens (tertiary/aromatic N) is 4. The van der Waals surface area contributed by atoms with Gasteiger partial charge < -0.3 is 9.47 Å². The van der Waals surface area contributed by atoms with E-state index >= 15 is 0 Å². The molecule has 106 valence electrons. The van der Waals surface area contributed by atoms with Crippen molar-refractivity contribution in [2.75, 3.05) is 13.1 Å². The number of hydrogen-bond acceptors (Lipinski definition) is 3. The average molecular weight is 262 g/mol. The first-order valence-electron chi connectivity index (χ1n) is 7.84. The Hall–Kier alpha value is -0.900. The summed E-state index contributed by atoms with van der Waals surface area (Å²) in [7, 11) is 0. The summed E-state index contributed by atoms with van der Waals surface area (Å²) in [4.78, 5) is 2.59. The molecular weight excluding hydrogens is 236 g/mol. The van der Waals surface area contributed by atoms with Crippen LogP contribution in [0.25, 0.3) is 0 Å². The summed E-state index contributed by atoms with van der Waals surface area (Å²) in [5.74, 6) is 3.65. The Bertz CT molecular complexity index is 437. The SMILES string of the molecule is CC1CCCn2c1nnc2C1CCCN(C(C)C)C1. The normalized spacial score (nSPS) is 28.6. The van der Waals surface area contributed by atoms with Gasteiger partial charge in [0.25, 0.3) is 0 Å². The summed E-state index contributed by atoms with van der Waals surface area (Å²) in [5.41, 5.74) is 0. The van der Waals surface area contributed by atoms with Crippen LogP contribution < -0.4 is 0 Å². The Balaban J connectivity index is 1.82. The third-order valence-corrected chi connectivity index (χ3v) is 4.82. The molecule has 2 unspecified atom stereocenters. The minimum Gasteiger partial charge on any atom is -0.314 e. The molecule has 19 heavy (non-hydrogen) atoms. The van der Waals surface area contributed by atoms with Crippen molar-refractivity contribution in [1.29, 1.82) is 0 Å². The maximum absolute atomic E-state index is 4.55. The van der Waals surface area contributed by atoms with Gasteiger partial charge in [-0.25, -0.2) is 0 Å².